The van der Waals surface area contributed by atoms with Gasteiger partial charge in [-0.3, -0.25) is 0 Å². The van der Waals surface area contributed by atoms with Gasteiger partial charge in [-0.15, -0.1) is 0 Å². The molecule has 0 saturated heterocycles. The van der Waals surface area contributed by atoms with Crippen molar-refractivity contribution in [1.29, 1.82) is 0 Å². The molecule has 0 aliphatic carbocycles. The lowest BCUT2D eigenvalue weighted by Crippen LogP contribution is -2.01. The Morgan fingerprint density at radius 2 is 1.76 bits per heavy atom. The maximum atomic E-state index is 10.2. The highest BCUT2D eigenvalue weighted by Crippen LogP contribution is 2.33. The van der Waals surface area contributed by atoms with Crippen LogP contribution in [0.25, 0.3) is 0 Å². The van der Waals surface area contributed by atoms with Crippen molar-refractivity contribution in [2.45, 2.75) is 6.10 Å². The molecule has 0 radical (unpaired) electrons. The van der Waals surface area contributed by atoms with Crippen LogP contribution >= 0.6 is 23.2 Å². The van der Waals surface area contributed by atoms with E-state index in [0.29, 0.717) is 26.9 Å². The van der Waals surface area contributed by atoms with Gasteiger partial charge in [0.25, 0.3) is 0 Å². The smallest absolute Gasteiger partial charge is 0.106 e. The zero-order chi connectivity index (χ0) is 12.4. The Hall–Kier alpha value is -1.22. The molecule has 2 aromatic carbocycles. The van der Waals surface area contributed by atoms with Gasteiger partial charge >= 0.3 is 0 Å². The monoisotopic (exact) mass is 267 g/mol. The highest BCUT2D eigenvalue weighted by atomic mass is 35.5. The standard InChI is InChI=1S/C13H11Cl2NO/c14-11-6-2-5-10(12(11)15)13(17)8-3-1-4-9(16)7-8/h1-7,13,17H,16H2. The van der Waals surface area contributed by atoms with Gasteiger partial charge in [0.1, 0.15) is 6.10 Å². The first-order valence-electron chi connectivity index (χ1n) is 5.07. The van der Waals surface area contributed by atoms with Crippen LogP contribution in [-0.2, 0) is 0 Å². The van der Waals surface area contributed by atoms with Gasteiger partial charge < -0.3 is 10.8 Å². The van der Waals surface area contributed by atoms with Gasteiger partial charge in [0.05, 0.1) is 10.0 Å². The lowest BCUT2D eigenvalue weighted by molar-refractivity contribution is 0.220. The maximum absolute atomic E-state index is 10.2. The van der Waals surface area contributed by atoms with Gasteiger partial charge in [0.2, 0.25) is 0 Å². The number of hydrogen-bond donors (Lipinski definition) is 2. The zero-order valence-electron chi connectivity index (χ0n) is 8.90. The number of aliphatic hydroxyl groups is 1. The molecular formula is C13H11Cl2NO. The fraction of sp³-hybridized carbons (Fsp3) is 0.0769. The quantitative estimate of drug-likeness (QED) is 0.816. The number of nitrogen functional groups attached to an aromatic ring is 1. The molecule has 0 aliphatic heterocycles. The van der Waals surface area contributed by atoms with Crippen LogP contribution in [0, 0.1) is 0 Å². The molecule has 4 heteroatoms. The number of nitrogens with two attached hydrogens (primary N) is 1. The molecule has 0 heterocycles. The Labute approximate surface area is 110 Å². The largest absolute Gasteiger partial charge is 0.399 e. The van der Waals surface area contributed by atoms with E-state index in [1.165, 1.54) is 0 Å². The minimum absolute atomic E-state index is 0.365. The summed E-state index contributed by atoms with van der Waals surface area (Å²) in [4.78, 5) is 0. The Bertz CT molecular complexity index is 543. The summed E-state index contributed by atoms with van der Waals surface area (Å²) in [6.45, 7) is 0. The van der Waals surface area contributed by atoms with E-state index in [1.54, 1.807) is 42.5 Å². The molecule has 0 saturated carbocycles. The maximum Gasteiger partial charge on any atom is 0.106 e. The Balaban J connectivity index is 2.44. The van der Waals surface area contributed by atoms with Crippen LogP contribution in [0.5, 0.6) is 0 Å². The molecule has 1 atom stereocenters. The first-order valence-corrected chi connectivity index (χ1v) is 5.82. The van der Waals surface area contributed by atoms with Crippen LogP contribution < -0.4 is 5.73 Å². The molecule has 88 valence electrons. The minimum atomic E-state index is -0.829. The molecule has 0 spiro atoms. The van der Waals surface area contributed by atoms with E-state index in [0.717, 1.165) is 0 Å². The van der Waals surface area contributed by atoms with Crippen molar-refractivity contribution in [3.63, 3.8) is 0 Å². The van der Waals surface area contributed by atoms with E-state index in [-0.39, 0.29) is 0 Å². The lowest BCUT2D eigenvalue weighted by Gasteiger charge is -2.14. The summed E-state index contributed by atoms with van der Waals surface area (Å²) in [7, 11) is 0. The van der Waals surface area contributed by atoms with Crippen LogP contribution in [0.1, 0.15) is 17.2 Å². The van der Waals surface area contributed by atoms with Crippen LogP contribution in [0.2, 0.25) is 10.0 Å². The number of aliphatic hydroxyl groups excluding tert-OH is 1. The Kier molecular flexibility index (Phi) is 3.57. The SMILES string of the molecule is Nc1cccc(C(O)c2cccc(Cl)c2Cl)c1. The van der Waals surface area contributed by atoms with Crippen LogP contribution in [0.15, 0.2) is 42.5 Å². The second kappa shape index (κ2) is 4.96. The third-order valence-electron chi connectivity index (χ3n) is 2.50. The van der Waals surface area contributed by atoms with Crippen molar-refractivity contribution in [2.75, 3.05) is 5.73 Å². The average molecular weight is 268 g/mol. The normalized spacial score (nSPS) is 12.4. The molecule has 0 aromatic heterocycles. The van der Waals surface area contributed by atoms with Crippen molar-refractivity contribution < 1.29 is 5.11 Å². The lowest BCUT2D eigenvalue weighted by atomic mass is 10.0. The summed E-state index contributed by atoms with van der Waals surface area (Å²) >= 11 is 12.0. The molecule has 0 amide bonds. The van der Waals surface area contributed by atoms with Gasteiger partial charge in [0, 0.05) is 11.3 Å². The molecule has 2 aromatic rings. The van der Waals surface area contributed by atoms with Crippen molar-refractivity contribution in [3.05, 3.63) is 63.6 Å². The fourth-order valence-corrected chi connectivity index (χ4v) is 2.05. The number of hydrogen-bond acceptors (Lipinski definition) is 2. The third kappa shape index (κ3) is 2.55. The Morgan fingerprint density at radius 1 is 1.06 bits per heavy atom. The molecule has 17 heavy (non-hydrogen) atoms. The van der Waals surface area contributed by atoms with Crippen molar-refractivity contribution >= 4 is 28.9 Å². The average Bonchev–Trinajstić information content (AvgIpc) is 2.32. The molecular weight excluding hydrogens is 257 g/mol. The van der Waals surface area contributed by atoms with Crippen molar-refractivity contribution in [3.8, 4) is 0 Å². The topological polar surface area (TPSA) is 46.2 Å². The summed E-state index contributed by atoms with van der Waals surface area (Å²) in [6.07, 6.45) is -0.829. The number of benzene rings is 2. The van der Waals surface area contributed by atoms with Crippen LogP contribution in [0.3, 0.4) is 0 Å². The van der Waals surface area contributed by atoms with Gasteiger partial charge in [-0.25, -0.2) is 0 Å². The first kappa shape index (κ1) is 12.2. The van der Waals surface area contributed by atoms with Crippen molar-refractivity contribution in [2.24, 2.45) is 0 Å². The van der Waals surface area contributed by atoms with Gasteiger partial charge in [-0.1, -0.05) is 47.5 Å². The third-order valence-corrected chi connectivity index (χ3v) is 3.34. The first-order chi connectivity index (χ1) is 8.09. The minimum Gasteiger partial charge on any atom is -0.399 e. The summed E-state index contributed by atoms with van der Waals surface area (Å²) in [5.41, 5.74) is 7.53. The molecule has 2 nitrogen and oxygen atoms in total. The van der Waals surface area contributed by atoms with Gasteiger partial charge in [-0.05, 0) is 23.8 Å². The van der Waals surface area contributed by atoms with E-state index in [2.05, 4.69) is 0 Å². The zero-order valence-corrected chi connectivity index (χ0v) is 10.4. The predicted octanol–water partition coefficient (Wildman–Crippen LogP) is 3.66. The van der Waals surface area contributed by atoms with E-state index in [9.17, 15) is 5.11 Å². The summed E-state index contributed by atoms with van der Waals surface area (Å²) in [5.74, 6) is 0. The molecule has 3 N–H and O–H groups in total. The summed E-state index contributed by atoms with van der Waals surface area (Å²) in [6, 6.07) is 12.2. The molecule has 1 unspecified atom stereocenters. The second-order valence-corrected chi connectivity index (χ2v) is 4.50. The number of halogens is 2. The Morgan fingerprint density at radius 3 is 2.47 bits per heavy atom. The number of rotatable bonds is 2. The van der Waals surface area contributed by atoms with Gasteiger partial charge in [-0.2, -0.15) is 0 Å². The summed E-state index contributed by atoms with van der Waals surface area (Å²) < 4.78 is 0. The second-order valence-electron chi connectivity index (χ2n) is 3.72. The highest BCUT2D eigenvalue weighted by molar-refractivity contribution is 6.42. The molecule has 0 bridgehead atoms. The number of anilines is 1. The highest BCUT2D eigenvalue weighted by Gasteiger charge is 2.15. The van der Waals surface area contributed by atoms with Crippen molar-refractivity contribution in [1.82, 2.24) is 0 Å². The molecule has 0 aliphatic rings. The van der Waals surface area contributed by atoms with E-state index in [4.69, 9.17) is 28.9 Å². The fourth-order valence-electron chi connectivity index (χ4n) is 1.64. The van der Waals surface area contributed by atoms with E-state index < -0.39 is 6.10 Å². The molecule has 2 rings (SSSR count). The van der Waals surface area contributed by atoms with E-state index >= 15 is 0 Å². The van der Waals surface area contributed by atoms with Crippen LogP contribution in [0.4, 0.5) is 5.69 Å². The predicted molar refractivity (Wildman–Crippen MR) is 71.4 cm³/mol. The van der Waals surface area contributed by atoms with Gasteiger partial charge in [0.15, 0.2) is 0 Å². The summed E-state index contributed by atoms with van der Waals surface area (Å²) in [5, 5.41) is 11.0. The van der Waals surface area contributed by atoms with E-state index in [1.807, 2.05) is 0 Å². The molecule has 0 fully saturated rings. The van der Waals surface area contributed by atoms with Crippen LogP contribution in [-0.4, -0.2) is 5.11 Å².